The Morgan fingerprint density at radius 3 is 2.63 bits per heavy atom. The number of aliphatic hydroxyl groups excluding tert-OH is 1. The third kappa shape index (κ3) is 3.01. The second kappa shape index (κ2) is 7.06. The first-order valence-corrected chi connectivity index (χ1v) is 10.1. The maximum absolute atomic E-state index is 12.7. The van der Waals surface area contributed by atoms with Crippen LogP contribution in [0.1, 0.15) is 62.6 Å². The van der Waals surface area contributed by atoms with Gasteiger partial charge in [0.2, 0.25) is 0 Å². The first kappa shape index (κ1) is 20.6. The molecule has 1 aromatic carbocycles. The van der Waals surface area contributed by atoms with Gasteiger partial charge in [-0.05, 0) is 48.4 Å². The molecule has 3 rings (SSSR count). The van der Waals surface area contributed by atoms with Crippen LogP contribution in [-0.4, -0.2) is 30.6 Å². The van der Waals surface area contributed by atoms with Crippen LogP contribution < -0.4 is 0 Å². The largest absolute Gasteiger partial charge is 0.469 e. The SMILES string of the molecule is COC(=O)[C@]1(C)CC(=O)C[C@]2(C)c3cc(Cl)c([C@@H](C)CO)c(Cl)c3CC[C@@H]12. The summed E-state index contributed by atoms with van der Waals surface area (Å²) in [5, 5.41) is 10.6. The second-order valence-corrected chi connectivity index (χ2v) is 9.29. The Hall–Kier alpha value is -1.10. The topological polar surface area (TPSA) is 63.6 Å². The van der Waals surface area contributed by atoms with Crippen molar-refractivity contribution in [2.75, 3.05) is 13.7 Å². The summed E-state index contributed by atoms with van der Waals surface area (Å²) in [5.74, 6) is -0.488. The normalized spacial score (nSPS) is 31.1. The van der Waals surface area contributed by atoms with Gasteiger partial charge in [-0.2, -0.15) is 0 Å². The van der Waals surface area contributed by atoms with E-state index in [9.17, 15) is 14.7 Å². The highest BCUT2D eigenvalue weighted by Crippen LogP contribution is 2.58. The molecule has 148 valence electrons. The summed E-state index contributed by atoms with van der Waals surface area (Å²) in [5.41, 5.74) is 1.30. The number of hydrogen-bond acceptors (Lipinski definition) is 4. The number of ether oxygens (including phenoxy) is 1. The number of esters is 1. The van der Waals surface area contributed by atoms with Gasteiger partial charge in [-0.3, -0.25) is 9.59 Å². The van der Waals surface area contributed by atoms with Crippen LogP contribution in [0.15, 0.2) is 6.07 Å². The summed E-state index contributed by atoms with van der Waals surface area (Å²) in [6, 6.07) is 1.90. The zero-order chi connectivity index (χ0) is 20.1. The molecule has 0 amide bonds. The fraction of sp³-hybridized carbons (Fsp3) is 0.619. The molecule has 0 saturated heterocycles. The van der Waals surface area contributed by atoms with Crippen molar-refractivity contribution in [2.24, 2.45) is 11.3 Å². The second-order valence-electron chi connectivity index (χ2n) is 8.51. The standard InChI is InChI=1S/C21H26Cl2O4/c1-11(10-24)17-15(22)7-14-13(18(17)23)5-6-16-20(14,2)8-12(25)9-21(16,3)19(26)27-4/h7,11,16,24H,5-6,8-10H2,1-4H3/t11-,16+,20+,21+/m0/s1. The fourth-order valence-corrected chi connectivity index (χ4v) is 6.38. The Kier molecular flexibility index (Phi) is 5.39. The molecule has 2 aliphatic carbocycles. The third-order valence-corrected chi connectivity index (χ3v) is 7.48. The molecular weight excluding hydrogens is 387 g/mol. The van der Waals surface area contributed by atoms with Gasteiger partial charge >= 0.3 is 5.97 Å². The molecule has 0 spiro atoms. The average molecular weight is 413 g/mol. The number of rotatable bonds is 3. The highest BCUT2D eigenvalue weighted by molar-refractivity contribution is 6.36. The van der Waals surface area contributed by atoms with Crippen molar-refractivity contribution in [2.45, 2.75) is 57.8 Å². The number of hydrogen-bond donors (Lipinski definition) is 1. The number of halogens is 2. The minimum atomic E-state index is -0.855. The van der Waals surface area contributed by atoms with Crippen LogP contribution in [0.5, 0.6) is 0 Å². The predicted molar refractivity (Wildman–Crippen MR) is 105 cm³/mol. The van der Waals surface area contributed by atoms with Crippen LogP contribution in [0.25, 0.3) is 0 Å². The van der Waals surface area contributed by atoms with Crippen LogP contribution in [0.3, 0.4) is 0 Å². The van der Waals surface area contributed by atoms with Gasteiger partial charge in [0.1, 0.15) is 5.78 Å². The molecular formula is C21H26Cl2O4. The molecule has 1 fully saturated rings. The molecule has 6 heteroatoms. The van der Waals surface area contributed by atoms with Gasteiger partial charge in [-0.15, -0.1) is 0 Å². The van der Waals surface area contributed by atoms with E-state index in [4.69, 9.17) is 27.9 Å². The van der Waals surface area contributed by atoms with Gasteiger partial charge < -0.3 is 9.84 Å². The monoisotopic (exact) mass is 412 g/mol. The molecule has 4 nitrogen and oxygen atoms in total. The summed E-state index contributed by atoms with van der Waals surface area (Å²) in [4.78, 5) is 25.3. The van der Waals surface area contributed by atoms with Crippen molar-refractivity contribution >= 4 is 35.0 Å². The van der Waals surface area contributed by atoms with E-state index in [-0.39, 0.29) is 36.6 Å². The summed E-state index contributed by atoms with van der Waals surface area (Å²) in [6.07, 6.45) is 2.02. The Balaban J connectivity index is 2.20. The summed E-state index contributed by atoms with van der Waals surface area (Å²) >= 11 is 13.3. The molecule has 4 atom stereocenters. The Morgan fingerprint density at radius 2 is 2.04 bits per heavy atom. The Labute approximate surface area is 170 Å². The van der Waals surface area contributed by atoms with Crippen molar-refractivity contribution < 1.29 is 19.4 Å². The average Bonchev–Trinajstić information content (AvgIpc) is 2.60. The number of ketones is 1. The molecule has 0 aromatic heterocycles. The highest BCUT2D eigenvalue weighted by atomic mass is 35.5. The van der Waals surface area contributed by atoms with Crippen molar-refractivity contribution in [3.05, 3.63) is 32.8 Å². The maximum Gasteiger partial charge on any atom is 0.312 e. The smallest absolute Gasteiger partial charge is 0.312 e. The van der Waals surface area contributed by atoms with E-state index in [0.717, 1.165) is 23.1 Å². The van der Waals surface area contributed by atoms with Gasteiger partial charge in [-0.1, -0.05) is 37.0 Å². The van der Waals surface area contributed by atoms with E-state index in [1.165, 1.54) is 7.11 Å². The van der Waals surface area contributed by atoms with Crippen molar-refractivity contribution in [1.29, 1.82) is 0 Å². The number of benzene rings is 1. The van der Waals surface area contributed by atoms with Crippen LogP contribution in [0.4, 0.5) is 0 Å². The predicted octanol–water partition coefficient (Wildman–Crippen LogP) is 4.45. The van der Waals surface area contributed by atoms with Crippen LogP contribution in [-0.2, 0) is 26.2 Å². The van der Waals surface area contributed by atoms with E-state index in [0.29, 0.717) is 22.9 Å². The lowest BCUT2D eigenvalue weighted by Gasteiger charge is -2.53. The highest BCUT2D eigenvalue weighted by Gasteiger charge is 2.58. The van der Waals surface area contributed by atoms with Gasteiger partial charge in [0.05, 0.1) is 12.5 Å². The first-order valence-electron chi connectivity index (χ1n) is 9.32. The first-order chi connectivity index (χ1) is 12.6. The zero-order valence-electron chi connectivity index (χ0n) is 16.2. The zero-order valence-corrected chi connectivity index (χ0v) is 17.7. The van der Waals surface area contributed by atoms with Crippen molar-refractivity contribution in [3.63, 3.8) is 0 Å². The van der Waals surface area contributed by atoms with Gasteiger partial charge in [0, 0.05) is 40.8 Å². The molecule has 2 aliphatic rings. The maximum atomic E-state index is 12.7. The van der Waals surface area contributed by atoms with E-state index in [2.05, 4.69) is 0 Å². The summed E-state index contributed by atoms with van der Waals surface area (Å²) < 4.78 is 5.06. The van der Waals surface area contributed by atoms with Gasteiger partial charge in [-0.25, -0.2) is 0 Å². The van der Waals surface area contributed by atoms with Gasteiger partial charge in [0.15, 0.2) is 0 Å². The number of carbonyl (C=O) groups is 2. The fourth-order valence-electron chi connectivity index (χ4n) is 5.46. The van der Waals surface area contributed by atoms with Crippen molar-refractivity contribution in [1.82, 2.24) is 0 Å². The third-order valence-electron chi connectivity index (χ3n) is 6.74. The van der Waals surface area contributed by atoms with E-state index < -0.39 is 10.8 Å². The lowest BCUT2D eigenvalue weighted by Crippen LogP contribution is -2.55. The molecule has 1 aromatic rings. The van der Waals surface area contributed by atoms with Crippen LogP contribution in [0.2, 0.25) is 10.0 Å². The minimum absolute atomic E-state index is 0.0316. The molecule has 0 aliphatic heterocycles. The number of carbonyl (C=O) groups excluding carboxylic acids is 2. The van der Waals surface area contributed by atoms with E-state index in [1.54, 1.807) is 0 Å². The minimum Gasteiger partial charge on any atom is -0.469 e. The van der Waals surface area contributed by atoms with Crippen LogP contribution in [0, 0.1) is 11.3 Å². The van der Waals surface area contributed by atoms with E-state index >= 15 is 0 Å². The van der Waals surface area contributed by atoms with Gasteiger partial charge in [0.25, 0.3) is 0 Å². The lowest BCUT2D eigenvalue weighted by molar-refractivity contribution is -0.164. The number of methoxy groups -OCH3 is 1. The Bertz CT molecular complexity index is 806. The molecule has 1 saturated carbocycles. The number of aliphatic hydroxyl groups is 1. The Morgan fingerprint density at radius 1 is 1.37 bits per heavy atom. The molecule has 0 radical (unpaired) electrons. The summed E-state index contributed by atoms with van der Waals surface area (Å²) in [6.45, 7) is 5.72. The lowest BCUT2D eigenvalue weighted by atomic mass is 9.49. The van der Waals surface area contributed by atoms with E-state index in [1.807, 2.05) is 26.8 Å². The quantitative estimate of drug-likeness (QED) is 0.744. The molecule has 0 heterocycles. The molecule has 27 heavy (non-hydrogen) atoms. The van der Waals surface area contributed by atoms with Crippen molar-refractivity contribution in [3.8, 4) is 0 Å². The molecule has 0 unspecified atom stereocenters. The molecule has 1 N–H and O–H groups in total. The molecule has 0 bridgehead atoms. The number of Topliss-reactive ketones (excluding diaryl/α,β-unsaturated/α-hetero) is 1. The number of fused-ring (bicyclic) bond motifs is 3. The van der Waals surface area contributed by atoms with Crippen LogP contribution >= 0.6 is 23.2 Å². The summed E-state index contributed by atoms with van der Waals surface area (Å²) in [7, 11) is 1.37.